The Hall–Kier alpha value is -0.590. The Morgan fingerprint density at radius 1 is 1.30 bits per heavy atom. The summed E-state index contributed by atoms with van der Waals surface area (Å²) in [5.41, 5.74) is 1.47. The fourth-order valence-electron chi connectivity index (χ4n) is 5.71. The maximum atomic E-state index is 12.2. The van der Waals surface area contributed by atoms with E-state index in [1.54, 1.807) is 0 Å². The van der Waals surface area contributed by atoms with Crippen molar-refractivity contribution in [2.24, 2.45) is 23.2 Å². The molecule has 0 unspecified atom stereocenters. The van der Waals surface area contributed by atoms with E-state index in [2.05, 4.69) is 33.0 Å². The number of amides is 1. The number of rotatable bonds is 5. The van der Waals surface area contributed by atoms with E-state index in [0.717, 1.165) is 33.6 Å². The predicted molar refractivity (Wildman–Crippen MR) is 97.9 cm³/mol. The van der Waals surface area contributed by atoms with Crippen molar-refractivity contribution in [2.45, 2.75) is 58.4 Å². The van der Waals surface area contributed by atoms with Gasteiger partial charge in [-0.3, -0.25) is 9.48 Å². The molecule has 4 aliphatic rings. The van der Waals surface area contributed by atoms with Crippen molar-refractivity contribution >= 4 is 28.5 Å². The van der Waals surface area contributed by atoms with E-state index in [4.69, 9.17) is 0 Å². The van der Waals surface area contributed by atoms with Crippen molar-refractivity contribution < 1.29 is 4.79 Å². The van der Waals surface area contributed by atoms with Crippen molar-refractivity contribution in [1.82, 2.24) is 15.1 Å². The molecule has 0 aromatic carbocycles. The summed E-state index contributed by atoms with van der Waals surface area (Å²) in [5, 5.41) is 7.68. The van der Waals surface area contributed by atoms with Crippen molar-refractivity contribution in [3.63, 3.8) is 0 Å². The van der Waals surface area contributed by atoms with Gasteiger partial charge in [-0.05, 0) is 91.2 Å². The molecule has 1 N–H and O–H groups in total. The van der Waals surface area contributed by atoms with E-state index < -0.39 is 0 Å². The molecule has 0 spiro atoms. The molecule has 0 saturated heterocycles. The van der Waals surface area contributed by atoms with Gasteiger partial charge in [0.05, 0.1) is 9.26 Å². The molecule has 0 radical (unpaired) electrons. The minimum atomic E-state index is 0.184. The molecule has 4 saturated carbocycles. The molecule has 5 heteroatoms. The lowest BCUT2D eigenvalue weighted by Gasteiger charge is -2.56. The summed E-state index contributed by atoms with van der Waals surface area (Å²) in [6.45, 7) is 3.59. The van der Waals surface area contributed by atoms with E-state index in [1.807, 2.05) is 17.8 Å². The smallest absolute Gasteiger partial charge is 0.221 e. The van der Waals surface area contributed by atoms with Gasteiger partial charge >= 0.3 is 0 Å². The molecule has 126 valence electrons. The quantitative estimate of drug-likeness (QED) is 0.732. The molecule has 4 fully saturated rings. The summed E-state index contributed by atoms with van der Waals surface area (Å²) in [4.78, 5) is 12.2. The minimum absolute atomic E-state index is 0.184. The van der Waals surface area contributed by atoms with Crippen LogP contribution in [0.1, 0.15) is 50.6 Å². The third-order valence-corrected chi connectivity index (χ3v) is 7.34. The van der Waals surface area contributed by atoms with E-state index in [0.29, 0.717) is 18.4 Å². The standard InChI is InChI=1S/C18H26IN3O/c1-12-16(19)10-22(21-12)3-2-17(23)20-11-18-7-13-4-14(8-18)6-15(5-13)9-18/h10,13-15H,2-9,11H2,1H3,(H,20,23). The molecule has 1 heterocycles. The fourth-order valence-corrected chi connectivity index (χ4v) is 6.13. The van der Waals surface area contributed by atoms with Gasteiger partial charge in [0, 0.05) is 25.7 Å². The number of carbonyl (C=O) groups is 1. The Kier molecular flexibility index (Phi) is 4.18. The van der Waals surface area contributed by atoms with Crippen LogP contribution < -0.4 is 5.32 Å². The van der Waals surface area contributed by atoms with Gasteiger partial charge in [-0.1, -0.05) is 0 Å². The van der Waals surface area contributed by atoms with E-state index in [9.17, 15) is 4.79 Å². The van der Waals surface area contributed by atoms with E-state index >= 15 is 0 Å². The fraction of sp³-hybridized carbons (Fsp3) is 0.778. The van der Waals surface area contributed by atoms with Crippen LogP contribution in [0.25, 0.3) is 0 Å². The summed E-state index contributed by atoms with van der Waals surface area (Å²) < 4.78 is 3.05. The van der Waals surface area contributed by atoms with Crippen LogP contribution in [0.2, 0.25) is 0 Å². The molecule has 0 aliphatic heterocycles. The van der Waals surface area contributed by atoms with E-state index in [-0.39, 0.29) is 5.91 Å². The lowest BCUT2D eigenvalue weighted by Crippen LogP contribution is -2.51. The Labute approximate surface area is 151 Å². The highest BCUT2D eigenvalue weighted by Crippen LogP contribution is 2.59. The second-order valence-electron chi connectivity index (χ2n) is 8.27. The number of aryl methyl sites for hydroxylation is 2. The van der Waals surface area contributed by atoms with Crippen molar-refractivity contribution in [1.29, 1.82) is 0 Å². The molecule has 1 amide bonds. The van der Waals surface area contributed by atoms with Crippen LogP contribution in [0.5, 0.6) is 0 Å². The van der Waals surface area contributed by atoms with Gasteiger partial charge in [-0.2, -0.15) is 5.10 Å². The number of halogens is 1. The Balaban J connectivity index is 1.28. The molecule has 4 aliphatic carbocycles. The average molecular weight is 427 g/mol. The first-order valence-corrected chi connectivity index (χ1v) is 10.1. The van der Waals surface area contributed by atoms with Crippen molar-refractivity contribution in [3.8, 4) is 0 Å². The first kappa shape index (κ1) is 15.9. The van der Waals surface area contributed by atoms with Crippen LogP contribution in [-0.2, 0) is 11.3 Å². The number of aromatic nitrogens is 2. The second kappa shape index (κ2) is 6.05. The first-order chi connectivity index (χ1) is 11.0. The van der Waals surface area contributed by atoms with Crippen LogP contribution in [0.4, 0.5) is 0 Å². The van der Waals surface area contributed by atoms with Gasteiger partial charge in [0.1, 0.15) is 0 Å². The lowest BCUT2D eigenvalue weighted by atomic mass is 9.49. The number of nitrogens with zero attached hydrogens (tertiary/aromatic N) is 2. The second-order valence-corrected chi connectivity index (χ2v) is 9.43. The summed E-state index contributed by atoms with van der Waals surface area (Å²) in [6, 6.07) is 0. The minimum Gasteiger partial charge on any atom is -0.355 e. The maximum Gasteiger partial charge on any atom is 0.221 e. The topological polar surface area (TPSA) is 46.9 Å². The normalized spacial score (nSPS) is 34.8. The van der Waals surface area contributed by atoms with Crippen molar-refractivity contribution in [3.05, 3.63) is 15.5 Å². The van der Waals surface area contributed by atoms with Gasteiger partial charge in [-0.25, -0.2) is 0 Å². The molecule has 1 aromatic rings. The molecule has 0 atom stereocenters. The molecular formula is C18H26IN3O. The third kappa shape index (κ3) is 3.30. The summed E-state index contributed by atoms with van der Waals surface area (Å²) in [5.74, 6) is 3.04. The number of carbonyl (C=O) groups excluding carboxylic acids is 1. The Morgan fingerprint density at radius 2 is 1.91 bits per heavy atom. The molecular weight excluding hydrogens is 401 g/mol. The molecule has 23 heavy (non-hydrogen) atoms. The van der Waals surface area contributed by atoms with Crippen LogP contribution in [0.15, 0.2) is 6.20 Å². The number of hydrogen-bond donors (Lipinski definition) is 1. The highest BCUT2D eigenvalue weighted by molar-refractivity contribution is 14.1. The molecule has 4 bridgehead atoms. The third-order valence-electron chi connectivity index (χ3n) is 6.28. The summed E-state index contributed by atoms with van der Waals surface area (Å²) >= 11 is 2.29. The zero-order valence-electron chi connectivity index (χ0n) is 13.9. The van der Waals surface area contributed by atoms with Crippen LogP contribution in [0, 0.1) is 33.7 Å². The summed E-state index contributed by atoms with van der Waals surface area (Å²) in [7, 11) is 0. The van der Waals surface area contributed by atoms with Crippen LogP contribution in [-0.4, -0.2) is 22.2 Å². The van der Waals surface area contributed by atoms with Crippen molar-refractivity contribution in [2.75, 3.05) is 6.54 Å². The lowest BCUT2D eigenvalue weighted by molar-refractivity contribution is -0.123. The van der Waals surface area contributed by atoms with Gasteiger partial charge in [0.25, 0.3) is 0 Å². The van der Waals surface area contributed by atoms with Gasteiger partial charge in [0.15, 0.2) is 0 Å². The number of nitrogens with one attached hydrogen (secondary N) is 1. The SMILES string of the molecule is Cc1nn(CCC(=O)NCC23CC4CC(CC(C4)C2)C3)cc1I. The Bertz CT molecular complexity index is 555. The van der Waals surface area contributed by atoms with Gasteiger partial charge in [0.2, 0.25) is 5.91 Å². The Morgan fingerprint density at radius 3 is 2.43 bits per heavy atom. The predicted octanol–water partition coefficient (Wildman–Crippen LogP) is 3.52. The molecule has 4 nitrogen and oxygen atoms in total. The highest BCUT2D eigenvalue weighted by atomic mass is 127. The largest absolute Gasteiger partial charge is 0.355 e. The highest BCUT2D eigenvalue weighted by Gasteiger charge is 2.50. The maximum absolute atomic E-state index is 12.2. The molecule has 1 aromatic heterocycles. The first-order valence-electron chi connectivity index (χ1n) is 8.98. The molecule has 5 rings (SSSR count). The van der Waals surface area contributed by atoms with E-state index in [1.165, 1.54) is 38.5 Å². The average Bonchev–Trinajstić information content (AvgIpc) is 2.80. The summed E-state index contributed by atoms with van der Waals surface area (Å²) in [6.07, 6.45) is 11.0. The monoisotopic (exact) mass is 427 g/mol. The zero-order chi connectivity index (χ0) is 16.0. The number of hydrogen-bond acceptors (Lipinski definition) is 2. The van der Waals surface area contributed by atoms with Crippen LogP contribution >= 0.6 is 22.6 Å². The van der Waals surface area contributed by atoms with Gasteiger partial charge < -0.3 is 5.32 Å². The van der Waals surface area contributed by atoms with Gasteiger partial charge in [-0.15, -0.1) is 0 Å². The zero-order valence-corrected chi connectivity index (χ0v) is 16.0. The van der Waals surface area contributed by atoms with Crippen LogP contribution in [0.3, 0.4) is 0 Å².